The van der Waals surface area contributed by atoms with Gasteiger partial charge in [0.05, 0.1) is 13.2 Å². The first kappa shape index (κ1) is 65.2. The molecule has 0 saturated carbocycles. The van der Waals surface area contributed by atoms with E-state index in [4.69, 9.17) is 13.8 Å². The van der Waals surface area contributed by atoms with E-state index in [1.54, 1.807) is 0 Å². The number of carbonyl (C=O) groups excluding carboxylic acids is 2. The van der Waals surface area contributed by atoms with Crippen molar-refractivity contribution in [2.75, 3.05) is 19.8 Å². The van der Waals surface area contributed by atoms with Crippen LogP contribution in [0.25, 0.3) is 0 Å². The number of esters is 1. The standard InChI is InChI=1S/C56H100NO10P/c1-3-5-7-9-11-13-15-17-19-21-23-25-26-28-29-31-33-35-37-39-41-43-45-47-54(59)57-53(56(61)62)51-67-68(63,64)66-50-52(58)49-65-55(60)48-46-44-42-40-38-36-34-32-30-27-24-22-20-18-16-14-12-10-8-6-4-2/h11,13,17-20,23,25,28-29,52-53,58H,3-10,12,14-16,21-22,24,26-27,30-51H2,1-2H3,(H,57,59)(H,61,62)(H,63,64)/b13-11-,19-17-,20-18+,25-23-,29-28-. The molecule has 0 rings (SSSR count). The molecule has 0 aliphatic carbocycles. The number of ether oxygens (including phenoxy) is 1. The number of nitrogens with one attached hydrogen (secondary N) is 1. The molecular formula is C56H100NO10P. The first-order valence-electron chi connectivity index (χ1n) is 27.3. The number of aliphatic carboxylic acids is 1. The molecule has 394 valence electrons. The monoisotopic (exact) mass is 978 g/mol. The Morgan fingerprint density at radius 1 is 0.471 bits per heavy atom. The van der Waals surface area contributed by atoms with Gasteiger partial charge in [-0.2, -0.15) is 0 Å². The van der Waals surface area contributed by atoms with Gasteiger partial charge in [-0.25, -0.2) is 9.36 Å². The lowest BCUT2D eigenvalue weighted by Gasteiger charge is -2.18. The second kappa shape index (κ2) is 50.6. The lowest BCUT2D eigenvalue weighted by Crippen LogP contribution is -2.43. The van der Waals surface area contributed by atoms with Crippen molar-refractivity contribution in [3.05, 3.63) is 60.8 Å². The third-order valence-electron chi connectivity index (χ3n) is 11.8. The maximum atomic E-state index is 12.4. The van der Waals surface area contributed by atoms with E-state index in [1.807, 2.05) is 0 Å². The van der Waals surface area contributed by atoms with Crippen molar-refractivity contribution in [2.45, 2.75) is 257 Å². The van der Waals surface area contributed by atoms with Crippen LogP contribution in [0.2, 0.25) is 0 Å². The largest absolute Gasteiger partial charge is 0.480 e. The molecule has 0 bridgehead atoms. The molecule has 0 aliphatic heterocycles. The molecule has 0 aromatic carbocycles. The number of hydrogen-bond donors (Lipinski definition) is 4. The Morgan fingerprint density at radius 3 is 1.25 bits per heavy atom. The first-order valence-corrected chi connectivity index (χ1v) is 28.8. The molecular weight excluding hydrogens is 878 g/mol. The van der Waals surface area contributed by atoms with Crippen LogP contribution >= 0.6 is 7.82 Å². The Morgan fingerprint density at radius 2 is 0.809 bits per heavy atom. The molecule has 11 nitrogen and oxygen atoms in total. The van der Waals surface area contributed by atoms with Gasteiger partial charge in [-0.15, -0.1) is 0 Å². The predicted molar refractivity (Wildman–Crippen MR) is 282 cm³/mol. The zero-order chi connectivity index (χ0) is 49.9. The van der Waals surface area contributed by atoms with E-state index in [0.29, 0.717) is 12.8 Å². The van der Waals surface area contributed by atoms with Crippen LogP contribution in [0.1, 0.15) is 245 Å². The highest BCUT2D eigenvalue weighted by Crippen LogP contribution is 2.43. The molecule has 0 fully saturated rings. The van der Waals surface area contributed by atoms with Crippen molar-refractivity contribution >= 4 is 25.7 Å². The molecule has 1 amide bonds. The summed E-state index contributed by atoms with van der Waals surface area (Å²) in [5.41, 5.74) is 0. The van der Waals surface area contributed by atoms with E-state index < -0.39 is 57.6 Å². The zero-order valence-electron chi connectivity index (χ0n) is 43.2. The lowest BCUT2D eigenvalue weighted by atomic mass is 10.0. The zero-order valence-corrected chi connectivity index (χ0v) is 44.0. The Labute approximate surface area is 415 Å². The summed E-state index contributed by atoms with van der Waals surface area (Å²) in [6.45, 7) is 2.59. The van der Waals surface area contributed by atoms with E-state index in [-0.39, 0.29) is 12.8 Å². The van der Waals surface area contributed by atoms with Gasteiger partial charge >= 0.3 is 19.8 Å². The molecule has 0 heterocycles. The minimum Gasteiger partial charge on any atom is -0.480 e. The molecule has 0 aromatic heterocycles. The van der Waals surface area contributed by atoms with Crippen molar-refractivity contribution in [1.29, 1.82) is 0 Å². The van der Waals surface area contributed by atoms with Crippen molar-refractivity contribution in [1.82, 2.24) is 5.32 Å². The molecule has 3 atom stereocenters. The number of aliphatic hydroxyl groups is 1. The number of phosphoric acid groups is 1. The first-order chi connectivity index (χ1) is 33.1. The van der Waals surface area contributed by atoms with E-state index in [0.717, 1.165) is 83.5 Å². The number of unbranched alkanes of at least 4 members (excludes halogenated alkanes) is 27. The van der Waals surface area contributed by atoms with E-state index in [9.17, 15) is 34.1 Å². The lowest BCUT2D eigenvalue weighted by molar-refractivity contribution is -0.147. The van der Waals surface area contributed by atoms with Gasteiger partial charge in [0.15, 0.2) is 6.04 Å². The van der Waals surface area contributed by atoms with Crippen LogP contribution in [0, 0.1) is 0 Å². The van der Waals surface area contributed by atoms with Crippen molar-refractivity contribution < 1.29 is 47.8 Å². The average molecular weight is 978 g/mol. The van der Waals surface area contributed by atoms with Crippen molar-refractivity contribution in [2.24, 2.45) is 0 Å². The smallest absolute Gasteiger partial charge is 0.472 e. The van der Waals surface area contributed by atoms with Gasteiger partial charge in [0.2, 0.25) is 5.91 Å². The van der Waals surface area contributed by atoms with Crippen LogP contribution in [0.3, 0.4) is 0 Å². The minimum atomic E-state index is -4.77. The number of amides is 1. The van der Waals surface area contributed by atoms with Gasteiger partial charge in [-0.05, 0) is 83.5 Å². The maximum Gasteiger partial charge on any atom is 0.472 e. The van der Waals surface area contributed by atoms with Gasteiger partial charge < -0.3 is 25.2 Å². The molecule has 0 saturated heterocycles. The Kier molecular flexibility index (Phi) is 48.5. The molecule has 68 heavy (non-hydrogen) atoms. The van der Waals surface area contributed by atoms with Gasteiger partial charge in [0.1, 0.15) is 12.7 Å². The van der Waals surface area contributed by atoms with Crippen LogP contribution in [0.4, 0.5) is 0 Å². The molecule has 12 heteroatoms. The highest BCUT2D eigenvalue weighted by Gasteiger charge is 2.28. The van der Waals surface area contributed by atoms with E-state index in [1.165, 1.54) is 122 Å². The Bertz CT molecular complexity index is 1380. The number of carbonyl (C=O) groups is 3. The molecule has 3 unspecified atom stereocenters. The highest BCUT2D eigenvalue weighted by molar-refractivity contribution is 7.47. The van der Waals surface area contributed by atoms with Gasteiger partial charge in [0.25, 0.3) is 0 Å². The molecule has 0 aliphatic rings. The quantitative estimate of drug-likeness (QED) is 0.0199. The second-order valence-electron chi connectivity index (χ2n) is 18.4. The summed E-state index contributed by atoms with van der Waals surface area (Å²) in [5.74, 6) is -2.38. The summed E-state index contributed by atoms with van der Waals surface area (Å²) in [5, 5.41) is 22.0. The highest BCUT2D eigenvalue weighted by atomic mass is 31.2. The number of carboxylic acid groups (broad SMARTS) is 1. The van der Waals surface area contributed by atoms with Crippen molar-refractivity contribution in [3.63, 3.8) is 0 Å². The third kappa shape index (κ3) is 49.6. The number of rotatable bonds is 51. The molecule has 0 radical (unpaired) electrons. The summed E-state index contributed by atoms with van der Waals surface area (Å²) in [7, 11) is -4.77. The van der Waals surface area contributed by atoms with E-state index in [2.05, 4.69) is 79.9 Å². The topological polar surface area (TPSA) is 169 Å². The Balaban J connectivity index is 3.83. The summed E-state index contributed by atoms with van der Waals surface area (Å²) in [4.78, 5) is 46.2. The molecule has 0 spiro atoms. The summed E-state index contributed by atoms with van der Waals surface area (Å²) < 4.78 is 27.0. The van der Waals surface area contributed by atoms with Crippen LogP contribution < -0.4 is 5.32 Å². The fraction of sp³-hybridized carbons (Fsp3) is 0.768. The maximum absolute atomic E-state index is 12.4. The van der Waals surface area contributed by atoms with Gasteiger partial charge in [0, 0.05) is 12.8 Å². The van der Waals surface area contributed by atoms with Crippen LogP contribution in [0.5, 0.6) is 0 Å². The predicted octanol–water partition coefficient (Wildman–Crippen LogP) is 15.5. The number of hydrogen-bond acceptors (Lipinski definition) is 8. The number of carboxylic acids is 1. The normalized spacial score (nSPS) is 13.9. The van der Waals surface area contributed by atoms with E-state index >= 15 is 0 Å². The summed E-state index contributed by atoms with van der Waals surface area (Å²) >= 11 is 0. The minimum absolute atomic E-state index is 0.131. The third-order valence-corrected chi connectivity index (χ3v) is 12.7. The summed E-state index contributed by atoms with van der Waals surface area (Å²) in [6.07, 6.45) is 60.9. The average Bonchev–Trinajstić information content (AvgIpc) is 3.32. The number of aliphatic hydroxyl groups excluding tert-OH is 1. The fourth-order valence-electron chi connectivity index (χ4n) is 7.53. The second-order valence-corrected chi connectivity index (χ2v) is 19.9. The van der Waals surface area contributed by atoms with Crippen LogP contribution in [-0.2, 0) is 32.7 Å². The number of allylic oxidation sites excluding steroid dienone is 10. The Hall–Kier alpha value is -2.82. The van der Waals surface area contributed by atoms with Crippen molar-refractivity contribution in [3.8, 4) is 0 Å². The fourth-order valence-corrected chi connectivity index (χ4v) is 8.30. The van der Waals surface area contributed by atoms with Crippen LogP contribution in [-0.4, -0.2) is 64.9 Å². The molecule has 4 N–H and O–H groups in total. The molecule has 0 aromatic rings. The number of phosphoric ester groups is 1. The summed E-state index contributed by atoms with van der Waals surface area (Å²) in [6, 6.07) is -1.56. The SMILES string of the molecule is CCCCC/C=C\C/C=C\C/C=C\C/C=C\CCCCCCCCCC(=O)NC(COP(=O)(O)OCC(O)COC(=O)CCCCCCCCCCCCC/C=C/CCCCCCCC)C(=O)O. The van der Waals surface area contributed by atoms with Gasteiger partial charge in [-0.1, -0.05) is 209 Å². The van der Waals surface area contributed by atoms with Crippen LogP contribution in [0.15, 0.2) is 60.8 Å². The van der Waals surface area contributed by atoms with Gasteiger partial charge in [-0.3, -0.25) is 18.6 Å².